The third-order valence-corrected chi connectivity index (χ3v) is 4.68. The number of halogens is 1. The summed E-state index contributed by atoms with van der Waals surface area (Å²) in [5, 5.41) is 10.5. The lowest BCUT2D eigenvalue weighted by molar-refractivity contribution is 0.336. The van der Waals surface area contributed by atoms with Crippen molar-refractivity contribution in [3.05, 3.63) is 51.3 Å². The van der Waals surface area contributed by atoms with Gasteiger partial charge in [-0.3, -0.25) is 0 Å². The topological polar surface area (TPSA) is 39.3 Å². The van der Waals surface area contributed by atoms with Crippen LogP contribution in [0, 0.1) is 13.8 Å². The van der Waals surface area contributed by atoms with Gasteiger partial charge in [-0.1, -0.05) is 11.6 Å². The first kappa shape index (κ1) is 14.5. The molecule has 1 aliphatic heterocycles. The van der Waals surface area contributed by atoms with Crippen LogP contribution in [0.15, 0.2) is 18.2 Å². The molecule has 2 aromatic rings. The number of aromatic nitrogens is 1. The van der Waals surface area contributed by atoms with Gasteiger partial charge in [0.05, 0.1) is 5.02 Å². The number of nitrogens with one attached hydrogen (secondary N) is 1. The van der Waals surface area contributed by atoms with Gasteiger partial charge in [0, 0.05) is 30.4 Å². The van der Waals surface area contributed by atoms with E-state index < -0.39 is 0 Å². The Kier molecular flexibility index (Phi) is 3.72. The van der Waals surface area contributed by atoms with Crippen molar-refractivity contribution in [3.63, 3.8) is 0 Å². The maximum atomic E-state index is 10.0. The Morgan fingerprint density at radius 3 is 2.71 bits per heavy atom. The lowest BCUT2D eigenvalue weighted by Gasteiger charge is -2.22. The Balaban J connectivity index is 2.15. The monoisotopic (exact) mass is 304 g/mol. The molecule has 3 rings (SSSR count). The highest BCUT2D eigenvalue weighted by atomic mass is 35.5. The van der Waals surface area contributed by atoms with Gasteiger partial charge in [0.15, 0.2) is 0 Å². The number of likely N-dealkylation sites (N-methyl/N-ethyl adjacent to an activating group) is 1. The molecule has 0 spiro atoms. The molecule has 0 radical (unpaired) electrons. The van der Waals surface area contributed by atoms with Gasteiger partial charge in [0.2, 0.25) is 0 Å². The highest BCUT2D eigenvalue weighted by Gasteiger charge is 2.26. The average molecular weight is 305 g/mol. The van der Waals surface area contributed by atoms with Gasteiger partial charge in [-0.2, -0.15) is 0 Å². The van der Waals surface area contributed by atoms with Crippen LogP contribution in [0.25, 0.3) is 0 Å². The molecular formula is C17H21ClN2O. The van der Waals surface area contributed by atoms with Crippen molar-refractivity contribution in [1.29, 1.82) is 0 Å². The standard InChI is InChI=1S/C17H21ClN2O/c1-10-6-11(2)19-17(10)14-9-20(3)5-4-12-7-15(18)16(21)8-13(12)14/h6-8,14,19,21H,4-5,9H2,1-3H3. The van der Waals surface area contributed by atoms with E-state index in [0.717, 1.165) is 19.5 Å². The fourth-order valence-corrected chi connectivity index (χ4v) is 3.52. The molecule has 0 bridgehead atoms. The first-order chi connectivity index (χ1) is 9.95. The predicted octanol–water partition coefficient (Wildman–Crippen LogP) is 3.61. The van der Waals surface area contributed by atoms with E-state index in [-0.39, 0.29) is 11.7 Å². The van der Waals surface area contributed by atoms with Crippen LogP contribution in [0.2, 0.25) is 5.02 Å². The van der Waals surface area contributed by atoms with Gasteiger partial charge < -0.3 is 15.0 Å². The molecular weight excluding hydrogens is 284 g/mol. The molecule has 3 nitrogen and oxygen atoms in total. The quantitative estimate of drug-likeness (QED) is 0.845. The number of phenols is 1. The van der Waals surface area contributed by atoms with E-state index in [1.165, 1.54) is 28.1 Å². The van der Waals surface area contributed by atoms with E-state index in [4.69, 9.17) is 11.6 Å². The van der Waals surface area contributed by atoms with Gasteiger partial charge in [-0.25, -0.2) is 0 Å². The summed E-state index contributed by atoms with van der Waals surface area (Å²) in [5.74, 6) is 0.412. The number of rotatable bonds is 1. The summed E-state index contributed by atoms with van der Waals surface area (Å²) in [7, 11) is 2.14. The molecule has 0 fully saturated rings. The summed E-state index contributed by atoms with van der Waals surface area (Å²) in [6.45, 7) is 6.16. The number of H-pyrrole nitrogens is 1. The molecule has 21 heavy (non-hydrogen) atoms. The maximum absolute atomic E-state index is 10.0. The number of aryl methyl sites for hydroxylation is 2. The fraction of sp³-hybridized carbons (Fsp3) is 0.412. The van der Waals surface area contributed by atoms with Crippen molar-refractivity contribution < 1.29 is 5.11 Å². The Hall–Kier alpha value is -1.45. The second kappa shape index (κ2) is 5.39. The van der Waals surface area contributed by atoms with Crippen molar-refractivity contribution in [2.75, 3.05) is 20.1 Å². The maximum Gasteiger partial charge on any atom is 0.134 e. The molecule has 1 atom stereocenters. The van der Waals surface area contributed by atoms with Crippen LogP contribution in [-0.4, -0.2) is 35.1 Å². The summed E-state index contributed by atoms with van der Waals surface area (Å²) < 4.78 is 0. The molecule has 1 aromatic heterocycles. The highest BCUT2D eigenvalue weighted by molar-refractivity contribution is 6.32. The Labute approximate surface area is 130 Å². The van der Waals surface area contributed by atoms with Gasteiger partial charge in [0.25, 0.3) is 0 Å². The minimum Gasteiger partial charge on any atom is -0.506 e. The molecule has 1 aliphatic rings. The van der Waals surface area contributed by atoms with E-state index in [1.807, 2.05) is 12.1 Å². The molecule has 0 saturated carbocycles. The second-order valence-corrected chi connectivity index (χ2v) is 6.52. The summed E-state index contributed by atoms with van der Waals surface area (Å²) in [6, 6.07) is 5.94. The molecule has 1 unspecified atom stereocenters. The van der Waals surface area contributed by atoms with E-state index in [1.54, 1.807) is 0 Å². The minimum absolute atomic E-state index is 0.172. The van der Waals surface area contributed by atoms with Crippen molar-refractivity contribution in [1.82, 2.24) is 9.88 Å². The smallest absolute Gasteiger partial charge is 0.134 e. The minimum atomic E-state index is 0.172. The number of nitrogens with zero attached hydrogens (tertiary/aromatic N) is 1. The van der Waals surface area contributed by atoms with E-state index in [0.29, 0.717) is 5.02 Å². The molecule has 0 saturated heterocycles. The Bertz CT molecular complexity index is 678. The summed E-state index contributed by atoms with van der Waals surface area (Å²) in [4.78, 5) is 5.83. The number of aromatic hydroxyl groups is 1. The lowest BCUT2D eigenvalue weighted by atomic mass is 9.89. The summed E-state index contributed by atoms with van der Waals surface area (Å²) in [5.41, 5.74) is 6.11. The molecule has 0 amide bonds. The molecule has 1 aromatic carbocycles. The van der Waals surface area contributed by atoms with Crippen molar-refractivity contribution >= 4 is 11.6 Å². The molecule has 0 aliphatic carbocycles. The zero-order valence-corrected chi connectivity index (χ0v) is 13.5. The lowest BCUT2D eigenvalue weighted by Crippen LogP contribution is -2.24. The number of hydrogen-bond acceptors (Lipinski definition) is 2. The van der Waals surface area contributed by atoms with Crippen molar-refractivity contribution in [2.24, 2.45) is 0 Å². The van der Waals surface area contributed by atoms with Gasteiger partial charge in [0.1, 0.15) is 5.75 Å². The molecule has 2 N–H and O–H groups in total. The zero-order valence-electron chi connectivity index (χ0n) is 12.7. The largest absolute Gasteiger partial charge is 0.506 e. The van der Waals surface area contributed by atoms with Crippen LogP contribution >= 0.6 is 11.6 Å². The molecule has 112 valence electrons. The summed E-state index contributed by atoms with van der Waals surface area (Å²) in [6.07, 6.45) is 0.959. The number of benzene rings is 1. The van der Waals surface area contributed by atoms with Crippen molar-refractivity contribution in [2.45, 2.75) is 26.2 Å². The SMILES string of the molecule is Cc1cc(C)c(C2CN(C)CCc3cc(Cl)c(O)cc32)[nH]1. The number of hydrogen-bond donors (Lipinski definition) is 2. The second-order valence-electron chi connectivity index (χ2n) is 6.12. The third kappa shape index (κ3) is 2.68. The van der Waals surface area contributed by atoms with E-state index in [2.05, 4.69) is 36.8 Å². The normalized spacial score (nSPS) is 19.3. The zero-order chi connectivity index (χ0) is 15.1. The van der Waals surface area contributed by atoms with Crippen LogP contribution in [0.3, 0.4) is 0 Å². The van der Waals surface area contributed by atoms with Crippen LogP contribution in [0.4, 0.5) is 0 Å². The average Bonchev–Trinajstić information content (AvgIpc) is 2.67. The Morgan fingerprint density at radius 1 is 1.29 bits per heavy atom. The highest BCUT2D eigenvalue weighted by Crippen LogP contribution is 2.37. The van der Waals surface area contributed by atoms with Crippen LogP contribution < -0.4 is 0 Å². The molecule has 2 heterocycles. The van der Waals surface area contributed by atoms with Crippen LogP contribution in [0.1, 0.15) is 34.0 Å². The number of phenolic OH excluding ortho intramolecular Hbond substituents is 1. The van der Waals surface area contributed by atoms with Crippen LogP contribution in [0.5, 0.6) is 5.75 Å². The number of fused-ring (bicyclic) bond motifs is 1. The Morgan fingerprint density at radius 2 is 2.05 bits per heavy atom. The van der Waals surface area contributed by atoms with Crippen molar-refractivity contribution in [3.8, 4) is 5.75 Å². The first-order valence-electron chi connectivity index (χ1n) is 7.31. The fourth-order valence-electron chi connectivity index (χ4n) is 3.33. The van der Waals surface area contributed by atoms with Gasteiger partial charge in [-0.05, 0) is 62.2 Å². The molecule has 4 heteroatoms. The third-order valence-electron chi connectivity index (χ3n) is 4.38. The predicted molar refractivity (Wildman–Crippen MR) is 86.4 cm³/mol. The number of aromatic amines is 1. The van der Waals surface area contributed by atoms with E-state index in [9.17, 15) is 5.11 Å². The summed E-state index contributed by atoms with van der Waals surface area (Å²) >= 11 is 6.09. The van der Waals surface area contributed by atoms with Gasteiger partial charge >= 0.3 is 0 Å². The van der Waals surface area contributed by atoms with Crippen LogP contribution in [-0.2, 0) is 6.42 Å². The van der Waals surface area contributed by atoms with Gasteiger partial charge in [-0.15, -0.1) is 0 Å². The van der Waals surface area contributed by atoms with E-state index >= 15 is 0 Å². The first-order valence-corrected chi connectivity index (χ1v) is 7.69.